The summed E-state index contributed by atoms with van der Waals surface area (Å²) in [6.45, 7) is 7.14. The first-order valence-electron chi connectivity index (χ1n) is 4.57. The molecule has 0 spiro atoms. The molecule has 0 heterocycles. The second-order valence-corrected chi connectivity index (χ2v) is 4.43. The van der Waals surface area contributed by atoms with E-state index in [0.717, 1.165) is 12.4 Å². The number of rotatable bonds is 3. The molecule has 0 N–H and O–H groups in total. The van der Waals surface area contributed by atoms with Gasteiger partial charge in [-0.3, -0.25) is 0 Å². The maximum Gasteiger partial charge on any atom is 0.119 e. The molecule has 0 bridgehead atoms. The normalized spacial score (nSPS) is 10.5. The van der Waals surface area contributed by atoms with E-state index in [2.05, 4.69) is 48.6 Å². The lowest BCUT2D eigenvalue weighted by Crippen LogP contribution is -1.96. The summed E-state index contributed by atoms with van der Waals surface area (Å²) in [6, 6.07) is 6.27. The molecule has 0 radical (unpaired) electrons. The lowest BCUT2D eigenvalue weighted by Gasteiger charge is -2.10. The van der Waals surface area contributed by atoms with Crippen molar-refractivity contribution >= 4 is 22.6 Å². The second kappa shape index (κ2) is 4.84. The van der Waals surface area contributed by atoms with Crippen LogP contribution in [0.2, 0.25) is 0 Å². The second-order valence-electron chi connectivity index (χ2n) is 3.27. The first-order valence-corrected chi connectivity index (χ1v) is 5.65. The summed E-state index contributed by atoms with van der Waals surface area (Å²) in [5.74, 6) is 1.54. The Labute approximate surface area is 93.6 Å². The summed E-state index contributed by atoms with van der Waals surface area (Å²) in [5.41, 5.74) is 1.37. The number of halogens is 1. The Morgan fingerprint density at radius 2 is 2.08 bits per heavy atom. The molecule has 0 fully saturated rings. The van der Waals surface area contributed by atoms with Crippen LogP contribution in [0.1, 0.15) is 32.3 Å². The minimum Gasteiger partial charge on any atom is -0.494 e. The largest absolute Gasteiger partial charge is 0.494 e. The van der Waals surface area contributed by atoms with Gasteiger partial charge in [-0.2, -0.15) is 0 Å². The highest BCUT2D eigenvalue weighted by atomic mass is 127. The van der Waals surface area contributed by atoms with Crippen molar-refractivity contribution in [3.05, 3.63) is 27.3 Å². The fraction of sp³-hybridized carbons (Fsp3) is 0.455. The third-order valence-electron chi connectivity index (χ3n) is 1.90. The van der Waals surface area contributed by atoms with E-state index < -0.39 is 0 Å². The van der Waals surface area contributed by atoms with Crippen LogP contribution in [0.5, 0.6) is 5.75 Å². The lowest BCUT2D eigenvalue weighted by atomic mass is 10.0. The highest BCUT2D eigenvalue weighted by Crippen LogP contribution is 2.25. The van der Waals surface area contributed by atoms with Gasteiger partial charge in [-0.15, -0.1) is 0 Å². The van der Waals surface area contributed by atoms with E-state index in [0.29, 0.717) is 5.92 Å². The summed E-state index contributed by atoms with van der Waals surface area (Å²) in [6.07, 6.45) is 0. The van der Waals surface area contributed by atoms with Gasteiger partial charge in [-0.1, -0.05) is 13.8 Å². The average Bonchev–Trinajstić information content (AvgIpc) is 2.08. The monoisotopic (exact) mass is 290 g/mol. The quantitative estimate of drug-likeness (QED) is 0.769. The Morgan fingerprint density at radius 1 is 1.38 bits per heavy atom. The van der Waals surface area contributed by atoms with Crippen LogP contribution in [-0.4, -0.2) is 6.61 Å². The fourth-order valence-electron chi connectivity index (χ4n) is 1.22. The zero-order valence-electron chi connectivity index (χ0n) is 8.30. The Kier molecular flexibility index (Phi) is 4.03. The van der Waals surface area contributed by atoms with E-state index in [1.54, 1.807) is 0 Å². The molecule has 1 nitrogen and oxygen atoms in total. The maximum absolute atomic E-state index is 5.45. The van der Waals surface area contributed by atoms with Crippen molar-refractivity contribution in [1.29, 1.82) is 0 Å². The third-order valence-corrected chi connectivity index (χ3v) is 2.88. The van der Waals surface area contributed by atoms with Crippen molar-refractivity contribution in [3.63, 3.8) is 0 Å². The van der Waals surface area contributed by atoms with E-state index in [-0.39, 0.29) is 0 Å². The molecule has 1 aromatic carbocycles. The van der Waals surface area contributed by atoms with Gasteiger partial charge in [-0.25, -0.2) is 0 Å². The minimum absolute atomic E-state index is 0.562. The minimum atomic E-state index is 0.562. The Morgan fingerprint density at radius 3 is 2.62 bits per heavy atom. The average molecular weight is 290 g/mol. The summed E-state index contributed by atoms with van der Waals surface area (Å²) >= 11 is 2.37. The van der Waals surface area contributed by atoms with Crippen molar-refractivity contribution in [3.8, 4) is 5.75 Å². The molecule has 0 aromatic heterocycles. The summed E-state index contributed by atoms with van der Waals surface area (Å²) < 4.78 is 6.76. The van der Waals surface area contributed by atoms with Crippen molar-refractivity contribution in [2.45, 2.75) is 26.7 Å². The van der Waals surface area contributed by atoms with Gasteiger partial charge in [0.05, 0.1) is 6.61 Å². The van der Waals surface area contributed by atoms with Crippen LogP contribution >= 0.6 is 22.6 Å². The van der Waals surface area contributed by atoms with Gasteiger partial charge in [0.2, 0.25) is 0 Å². The molecule has 1 aromatic rings. The predicted molar refractivity (Wildman–Crippen MR) is 64.4 cm³/mol. The lowest BCUT2D eigenvalue weighted by molar-refractivity contribution is 0.339. The molecular formula is C11H15IO. The molecule has 0 saturated heterocycles. The summed E-state index contributed by atoms with van der Waals surface area (Å²) in [5, 5.41) is 0. The standard InChI is InChI=1S/C11H15IO/c1-4-13-9-5-6-11(12)10(7-9)8(2)3/h5-8H,4H2,1-3H3. The van der Waals surface area contributed by atoms with Crippen LogP contribution in [0.3, 0.4) is 0 Å². The summed E-state index contributed by atoms with van der Waals surface area (Å²) in [7, 11) is 0. The highest BCUT2D eigenvalue weighted by Gasteiger charge is 2.05. The highest BCUT2D eigenvalue weighted by molar-refractivity contribution is 14.1. The van der Waals surface area contributed by atoms with Gasteiger partial charge in [0.1, 0.15) is 5.75 Å². The fourth-order valence-corrected chi connectivity index (χ4v) is 2.18. The SMILES string of the molecule is CCOc1ccc(I)c(C(C)C)c1. The Hall–Kier alpha value is -0.250. The molecule has 0 aliphatic carbocycles. The molecular weight excluding hydrogens is 275 g/mol. The molecule has 0 saturated carbocycles. The van der Waals surface area contributed by atoms with Crippen molar-refractivity contribution in [2.75, 3.05) is 6.61 Å². The summed E-state index contributed by atoms with van der Waals surface area (Å²) in [4.78, 5) is 0. The van der Waals surface area contributed by atoms with Gasteiger partial charge in [0.25, 0.3) is 0 Å². The van der Waals surface area contributed by atoms with Crippen LogP contribution in [-0.2, 0) is 0 Å². The topological polar surface area (TPSA) is 9.23 Å². The molecule has 0 unspecified atom stereocenters. The first kappa shape index (κ1) is 10.8. The Balaban J connectivity index is 2.97. The number of benzene rings is 1. The Bertz CT molecular complexity index is 281. The molecule has 1 rings (SSSR count). The zero-order chi connectivity index (χ0) is 9.84. The van der Waals surface area contributed by atoms with Crippen LogP contribution in [0.25, 0.3) is 0 Å². The first-order chi connectivity index (χ1) is 6.15. The van der Waals surface area contributed by atoms with E-state index in [1.807, 2.05) is 13.0 Å². The van der Waals surface area contributed by atoms with Crippen LogP contribution in [0.15, 0.2) is 18.2 Å². The number of ether oxygens (including phenoxy) is 1. The predicted octanol–water partition coefficient (Wildman–Crippen LogP) is 3.81. The van der Waals surface area contributed by atoms with Crippen LogP contribution in [0.4, 0.5) is 0 Å². The molecule has 0 amide bonds. The van der Waals surface area contributed by atoms with Crippen molar-refractivity contribution in [2.24, 2.45) is 0 Å². The van der Waals surface area contributed by atoms with Crippen molar-refractivity contribution < 1.29 is 4.74 Å². The van der Waals surface area contributed by atoms with Gasteiger partial charge in [0.15, 0.2) is 0 Å². The molecule has 13 heavy (non-hydrogen) atoms. The third kappa shape index (κ3) is 2.86. The van der Waals surface area contributed by atoms with Gasteiger partial charge < -0.3 is 4.74 Å². The van der Waals surface area contributed by atoms with E-state index in [1.165, 1.54) is 9.13 Å². The van der Waals surface area contributed by atoms with E-state index in [4.69, 9.17) is 4.74 Å². The zero-order valence-corrected chi connectivity index (χ0v) is 10.5. The maximum atomic E-state index is 5.45. The van der Waals surface area contributed by atoms with Gasteiger partial charge in [-0.05, 0) is 59.2 Å². The van der Waals surface area contributed by atoms with E-state index in [9.17, 15) is 0 Å². The number of hydrogen-bond donors (Lipinski definition) is 0. The van der Waals surface area contributed by atoms with Gasteiger partial charge in [0, 0.05) is 3.57 Å². The van der Waals surface area contributed by atoms with E-state index >= 15 is 0 Å². The van der Waals surface area contributed by atoms with Crippen LogP contribution in [0, 0.1) is 3.57 Å². The molecule has 0 aliphatic heterocycles. The molecule has 72 valence electrons. The number of hydrogen-bond acceptors (Lipinski definition) is 1. The van der Waals surface area contributed by atoms with Crippen LogP contribution < -0.4 is 4.74 Å². The van der Waals surface area contributed by atoms with Crippen molar-refractivity contribution in [1.82, 2.24) is 0 Å². The smallest absolute Gasteiger partial charge is 0.119 e. The van der Waals surface area contributed by atoms with Gasteiger partial charge >= 0.3 is 0 Å². The molecule has 0 atom stereocenters. The molecule has 0 aliphatic rings. The molecule has 2 heteroatoms.